The number of ether oxygens (including phenoxy) is 1. The van der Waals surface area contributed by atoms with Gasteiger partial charge < -0.3 is 25.0 Å². The van der Waals surface area contributed by atoms with Crippen LogP contribution in [-0.4, -0.2) is 54.8 Å². The molecule has 23 heavy (non-hydrogen) atoms. The molecule has 4 atom stereocenters. The molecule has 3 heterocycles. The number of aromatic nitrogens is 3. The highest BCUT2D eigenvalue weighted by Gasteiger charge is 2.43. The number of nitrogens with one attached hydrogen (secondary N) is 1. The average Bonchev–Trinajstić information content (AvgIpc) is 2.80. The highest BCUT2D eigenvalue weighted by molar-refractivity contribution is 7.71. The molecule has 1 fully saturated rings. The summed E-state index contributed by atoms with van der Waals surface area (Å²) in [6.45, 7) is -0.556. The molecule has 0 amide bonds. The predicted molar refractivity (Wildman–Crippen MR) is 74.1 cm³/mol. The maximum atomic E-state index is 13.9. The first-order chi connectivity index (χ1) is 10.8. The van der Waals surface area contributed by atoms with E-state index in [1.807, 2.05) is 4.98 Å². The number of hydrogen-bond acceptors (Lipinski definition) is 7. The van der Waals surface area contributed by atoms with Crippen LogP contribution in [0.2, 0.25) is 0 Å². The first-order valence-corrected chi connectivity index (χ1v) is 6.88. The van der Waals surface area contributed by atoms with Gasteiger partial charge in [-0.3, -0.25) is 9.36 Å². The second-order valence-electron chi connectivity index (χ2n) is 5.00. The van der Waals surface area contributed by atoms with E-state index in [1.165, 1.54) is 0 Å². The quantitative estimate of drug-likeness (QED) is 0.533. The molecule has 0 aliphatic carbocycles. The molecule has 0 bridgehead atoms. The summed E-state index contributed by atoms with van der Waals surface area (Å²) in [5, 5.41) is 28.4. The number of H-pyrrole nitrogens is 1. The topological polar surface area (TPSA) is 121 Å². The van der Waals surface area contributed by atoms with Crippen molar-refractivity contribution < 1.29 is 28.8 Å². The Morgan fingerprint density at radius 1 is 1.35 bits per heavy atom. The lowest BCUT2D eigenvalue weighted by molar-refractivity contribution is -0.0539. The number of hydrogen-bond donors (Lipinski definition) is 4. The molecule has 124 valence electrons. The van der Waals surface area contributed by atoms with Crippen LogP contribution in [0.15, 0.2) is 11.0 Å². The van der Waals surface area contributed by atoms with Crippen LogP contribution in [0.3, 0.4) is 0 Å². The largest absolute Gasteiger partial charge is 0.394 e. The van der Waals surface area contributed by atoms with Crippen molar-refractivity contribution in [2.75, 3.05) is 6.61 Å². The lowest BCUT2D eigenvalue weighted by Gasteiger charge is -2.18. The summed E-state index contributed by atoms with van der Waals surface area (Å²) >= 11 is 4.98. The molecule has 2 aromatic rings. The van der Waals surface area contributed by atoms with Crippen molar-refractivity contribution in [1.82, 2.24) is 14.5 Å². The Balaban J connectivity index is 2.18. The standard InChI is InChI=1S/C12H11F2N3O5S/c13-5-3-1-17(11-8(20)7(19)4(2-18)22-11)12(23)16-9(3)15-10(21)6(5)14/h1,4,7-8,11,18-20H,2H2,(H,15,16,21,23)/t4-,7?,8+,11-/m1/s1. The number of fused-ring (bicyclic) bond motifs is 1. The molecule has 8 nitrogen and oxygen atoms in total. The molecule has 3 rings (SSSR count). The Morgan fingerprint density at radius 2 is 2.04 bits per heavy atom. The Bertz CT molecular complexity index is 885. The van der Waals surface area contributed by atoms with Crippen molar-refractivity contribution in [3.05, 3.63) is 33.0 Å². The summed E-state index contributed by atoms with van der Waals surface area (Å²) in [7, 11) is 0. The van der Waals surface area contributed by atoms with Crippen LogP contribution in [0.5, 0.6) is 0 Å². The highest BCUT2D eigenvalue weighted by atomic mass is 32.1. The third-order valence-electron chi connectivity index (χ3n) is 3.60. The minimum atomic E-state index is -1.61. The molecule has 0 saturated carbocycles. The van der Waals surface area contributed by atoms with E-state index in [2.05, 4.69) is 4.98 Å². The molecule has 0 radical (unpaired) electrons. The van der Waals surface area contributed by atoms with E-state index in [-0.39, 0.29) is 15.8 Å². The fourth-order valence-electron chi connectivity index (χ4n) is 2.40. The Labute approximate surface area is 131 Å². The molecular weight excluding hydrogens is 336 g/mol. The van der Waals surface area contributed by atoms with Crippen LogP contribution >= 0.6 is 12.2 Å². The molecule has 0 aromatic carbocycles. The summed E-state index contributed by atoms with van der Waals surface area (Å²) in [5.41, 5.74) is -1.54. The first kappa shape index (κ1) is 16.1. The van der Waals surface area contributed by atoms with Gasteiger partial charge in [-0.15, -0.1) is 0 Å². The minimum Gasteiger partial charge on any atom is -0.394 e. The van der Waals surface area contributed by atoms with Gasteiger partial charge in [-0.05, 0) is 12.2 Å². The van der Waals surface area contributed by atoms with Crippen molar-refractivity contribution in [3.63, 3.8) is 0 Å². The number of aliphatic hydroxyl groups excluding tert-OH is 3. The van der Waals surface area contributed by atoms with Gasteiger partial charge in [0.1, 0.15) is 24.0 Å². The van der Waals surface area contributed by atoms with E-state index in [1.54, 1.807) is 0 Å². The molecule has 2 aromatic heterocycles. The van der Waals surface area contributed by atoms with Crippen molar-refractivity contribution >= 4 is 23.3 Å². The van der Waals surface area contributed by atoms with Crippen molar-refractivity contribution in [3.8, 4) is 0 Å². The van der Waals surface area contributed by atoms with E-state index in [9.17, 15) is 23.8 Å². The predicted octanol–water partition coefficient (Wildman–Crippen LogP) is -0.656. The van der Waals surface area contributed by atoms with E-state index in [0.29, 0.717) is 0 Å². The molecular formula is C12H11F2N3O5S. The summed E-state index contributed by atoms with van der Waals surface area (Å²) in [6.07, 6.45) is -4.15. The second-order valence-corrected chi connectivity index (χ2v) is 5.37. The zero-order chi connectivity index (χ0) is 16.9. The number of nitrogens with zero attached hydrogens (tertiary/aromatic N) is 2. The van der Waals surface area contributed by atoms with Crippen LogP contribution in [0.1, 0.15) is 6.23 Å². The van der Waals surface area contributed by atoms with Gasteiger partial charge >= 0.3 is 0 Å². The zero-order valence-corrected chi connectivity index (χ0v) is 12.1. The van der Waals surface area contributed by atoms with Gasteiger partial charge in [0.2, 0.25) is 10.6 Å². The molecule has 1 saturated heterocycles. The van der Waals surface area contributed by atoms with Crippen molar-refractivity contribution in [2.45, 2.75) is 24.5 Å². The number of halogens is 2. The third-order valence-corrected chi connectivity index (χ3v) is 3.91. The zero-order valence-electron chi connectivity index (χ0n) is 11.3. The molecule has 0 spiro atoms. The number of aliphatic hydroxyl groups is 3. The van der Waals surface area contributed by atoms with Crippen LogP contribution in [0.4, 0.5) is 8.78 Å². The Hall–Kier alpha value is -1.79. The van der Waals surface area contributed by atoms with Crippen molar-refractivity contribution in [1.29, 1.82) is 0 Å². The van der Waals surface area contributed by atoms with E-state index < -0.39 is 48.3 Å². The number of aromatic amines is 1. The van der Waals surface area contributed by atoms with Gasteiger partial charge in [0, 0.05) is 6.20 Å². The highest BCUT2D eigenvalue weighted by Crippen LogP contribution is 2.30. The Kier molecular flexibility index (Phi) is 3.98. The summed E-state index contributed by atoms with van der Waals surface area (Å²) in [5.74, 6) is -3.03. The lowest BCUT2D eigenvalue weighted by Crippen LogP contribution is -2.33. The maximum absolute atomic E-state index is 13.9. The first-order valence-electron chi connectivity index (χ1n) is 6.47. The van der Waals surface area contributed by atoms with Gasteiger partial charge in [-0.25, -0.2) is 9.37 Å². The number of pyridine rings is 1. The maximum Gasteiger partial charge on any atom is 0.288 e. The SMILES string of the molecule is O=c1[nH]c2nc(=S)n([C@@H]3O[C@H](CO)C(O)[C@@H]3O)cc2c(F)c1F. The molecule has 1 aliphatic heterocycles. The van der Waals surface area contributed by atoms with Crippen LogP contribution in [0, 0.1) is 16.4 Å². The summed E-state index contributed by atoms with van der Waals surface area (Å²) in [6, 6.07) is 0. The minimum absolute atomic E-state index is 0.200. The molecule has 1 unspecified atom stereocenters. The van der Waals surface area contributed by atoms with E-state index in [0.717, 1.165) is 10.8 Å². The van der Waals surface area contributed by atoms with Gasteiger partial charge in [-0.2, -0.15) is 4.39 Å². The van der Waals surface area contributed by atoms with Crippen LogP contribution < -0.4 is 5.56 Å². The van der Waals surface area contributed by atoms with E-state index >= 15 is 0 Å². The smallest absolute Gasteiger partial charge is 0.288 e. The fourth-order valence-corrected chi connectivity index (χ4v) is 2.65. The average molecular weight is 347 g/mol. The summed E-state index contributed by atoms with van der Waals surface area (Å²) in [4.78, 5) is 17.0. The summed E-state index contributed by atoms with van der Waals surface area (Å²) < 4.78 is 33.4. The Morgan fingerprint density at radius 3 is 2.65 bits per heavy atom. The van der Waals surface area contributed by atoms with Gasteiger partial charge in [-0.1, -0.05) is 0 Å². The second kappa shape index (κ2) is 5.69. The fraction of sp³-hybridized carbons (Fsp3) is 0.417. The monoisotopic (exact) mass is 347 g/mol. The van der Waals surface area contributed by atoms with Crippen LogP contribution in [0.25, 0.3) is 11.0 Å². The third kappa shape index (κ3) is 2.46. The van der Waals surface area contributed by atoms with Gasteiger partial charge in [0.05, 0.1) is 12.0 Å². The van der Waals surface area contributed by atoms with E-state index in [4.69, 9.17) is 22.1 Å². The van der Waals surface area contributed by atoms with Crippen LogP contribution in [-0.2, 0) is 4.74 Å². The van der Waals surface area contributed by atoms with Crippen molar-refractivity contribution in [2.24, 2.45) is 0 Å². The lowest BCUT2D eigenvalue weighted by atomic mass is 10.1. The van der Waals surface area contributed by atoms with Gasteiger partial charge in [0.25, 0.3) is 5.56 Å². The molecule has 1 aliphatic rings. The number of rotatable bonds is 2. The molecule has 4 N–H and O–H groups in total. The molecule has 11 heteroatoms. The van der Waals surface area contributed by atoms with Gasteiger partial charge in [0.15, 0.2) is 12.0 Å². The normalized spacial score (nSPS) is 27.7.